The number of anilines is 1. The van der Waals surface area contributed by atoms with Gasteiger partial charge < -0.3 is 0 Å². The van der Waals surface area contributed by atoms with Gasteiger partial charge in [0, 0.05) is 17.3 Å². The van der Waals surface area contributed by atoms with Gasteiger partial charge in [0.1, 0.15) is 0 Å². The predicted octanol–water partition coefficient (Wildman–Crippen LogP) is 6.16. The molecular formula is C21H21BrN4OS2. The molecule has 8 heteroatoms. The minimum Gasteiger partial charge on any atom is -0.273 e. The third-order valence-electron chi connectivity index (χ3n) is 5.02. The minimum absolute atomic E-state index is 0.0455. The van der Waals surface area contributed by atoms with E-state index in [0.29, 0.717) is 11.6 Å². The number of hydrazine groups is 1. The third-order valence-corrected chi connectivity index (χ3v) is 7.48. The normalized spacial score (nSPS) is 13.5. The molecular weight excluding hydrogens is 468 g/mol. The van der Waals surface area contributed by atoms with Crippen LogP contribution in [-0.2, 0) is 11.2 Å². The van der Waals surface area contributed by atoms with E-state index >= 15 is 0 Å². The molecule has 1 unspecified atom stereocenters. The lowest BCUT2D eigenvalue weighted by Crippen LogP contribution is -2.34. The highest BCUT2D eigenvalue weighted by Crippen LogP contribution is 2.34. The van der Waals surface area contributed by atoms with Crippen LogP contribution < -0.4 is 10.9 Å². The maximum Gasteiger partial charge on any atom is 0.238 e. The number of hydrogen-bond donors (Lipinski definition) is 2. The van der Waals surface area contributed by atoms with Crippen LogP contribution in [0.4, 0.5) is 5.13 Å². The number of fused-ring (bicyclic) bond motifs is 2. The Morgan fingerprint density at radius 3 is 2.69 bits per heavy atom. The monoisotopic (exact) mass is 488 g/mol. The smallest absolute Gasteiger partial charge is 0.238 e. The summed E-state index contributed by atoms with van der Waals surface area (Å²) in [6.07, 6.45) is 2.10. The van der Waals surface area contributed by atoms with Crippen molar-refractivity contribution in [2.24, 2.45) is 5.41 Å². The molecule has 150 valence electrons. The number of thiazole rings is 2. The molecule has 0 aliphatic carbocycles. The highest BCUT2D eigenvalue weighted by molar-refractivity contribution is 9.10. The fourth-order valence-electron chi connectivity index (χ4n) is 3.18. The molecule has 2 aromatic carbocycles. The van der Waals surface area contributed by atoms with Crippen LogP contribution in [0.25, 0.3) is 20.4 Å². The van der Waals surface area contributed by atoms with E-state index < -0.39 is 0 Å². The summed E-state index contributed by atoms with van der Waals surface area (Å²) in [6.45, 7) is 4.27. The summed E-state index contributed by atoms with van der Waals surface area (Å²) in [6, 6.07) is 14.1. The Hall–Kier alpha value is -2.03. The standard InChI is InChI=1S/C21H21BrN4OS2/c1-3-21(2,12-19-23-14-6-4-5-7-16(14)28-19)11-18(27)25-26-20-24-15-9-8-13(22)10-17(15)29-20/h4-10H,3,11-12H2,1-2H3,(H,24,26)(H,25,27). The van der Waals surface area contributed by atoms with E-state index in [1.165, 1.54) is 16.0 Å². The number of carbonyl (C=O) groups excluding carboxylic acids is 1. The number of carbonyl (C=O) groups is 1. The van der Waals surface area contributed by atoms with Crippen molar-refractivity contribution in [2.45, 2.75) is 33.1 Å². The van der Waals surface area contributed by atoms with Crippen LogP contribution in [0.2, 0.25) is 0 Å². The molecule has 0 radical (unpaired) electrons. The number of nitrogens with one attached hydrogen (secondary N) is 2. The van der Waals surface area contributed by atoms with Crippen molar-refractivity contribution in [3.8, 4) is 0 Å². The van der Waals surface area contributed by atoms with E-state index in [4.69, 9.17) is 4.98 Å². The lowest BCUT2D eigenvalue weighted by Gasteiger charge is -2.26. The summed E-state index contributed by atoms with van der Waals surface area (Å²) in [5.74, 6) is -0.0455. The molecule has 0 spiro atoms. The molecule has 0 saturated carbocycles. The van der Waals surface area contributed by atoms with Crippen molar-refractivity contribution in [3.63, 3.8) is 0 Å². The van der Waals surface area contributed by atoms with Crippen LogP contribution in [0, 0.1) is 5.41 Å². The van der Waals surface area contributed by atoms with Crippen LogP contribution in [0.3, 0.4) is 0 Å². The number of aromatic nitrogens is 2. The fraction of sp³-hybridized carbons (Fsp3) is 0.286. The Labute approximate surface area is 185 Å². The zero-order chi connectivity index (χ0) is 20.4. The van der Waals surface area contributed by atoms with Crippen molar-refractivity contribution in [1.29, 1.82) is 0 Å². The van der Waals surface area contributed by atoms with Crippen LogP contribution in [0.1, 0.15) is 31.7 Å². The number of hydrogen-bond acceptors (Lipinski definition) is 6. The quantitative estimate of drug-likeness (QED) is 0.305. The van der Waals surface area contributed by atoms with Gasteiger partial charge in [-0.1, -0.05) is 53.2 Å². The van der Waals surface area contributed by atoms with E-state index in [1.54, 1.807) is 11.3 Å². The molecule has 5 nitrogen and oxygen atoms in total. The van der Waals surface area contributed by atoms with E-state index in [2.05, 4.69) is 51.7 Å². The average Bonchev–Trinajstić information content (AvgIpc) is 3.28. The zero-order valence-electron chi connectivity index (χ0n) is 16.2. The van der Waals surface area contributed by atoms with Crippen LogP contribution >= 0.6 is 38.6 Å². The number of benzene rings is 2. The number of para-hydroxylation sites is 1. The second-order valence-corrected chi connectivity index (χ2v) is 10.5. The molecule has 1 amide bonds. The molecule has 0 aliphatic heterocycles. The first-order valence-electron chi connectivity index (χ1n) is 9.39. The molecule has 0 fully saturated rings. The van der Waals surface area contributed by atoms with Crippen molar-refractivity contribution >= 4 is 70.1 Å². The molecule has 0 saturated heterocycles. The van der Waals surface area contributed by atoms with Gasteiger partial charge in [-0.2, -0.15) is 0 Å². The molecule has 2 N–H and O–H groups in total. The number of halogens is 1. The lowest BCUT2D eigenvalue weighted by atomic mass is 9.81. The zero-order valence-corrected chi connectivity index (χ0v) is 19.4. The fourth-order valence-corrected chi connectivity index (χ4v) is 5.73. The first-order chi connectivity index (χ1) is 13.9. The Balaban J connectivity index is 1.39. The van der Waals surface area contributed by atoms with E-state index in [0.717, 1.165) is 38.1 Å². The van der Waals surface area contributed by atoms with Gasteiger partial charge in [0.2, 0.25) is 11.0 Å². The van der Waals surface area contributed by atoms with Gasteiger partial charge >= 0.3 is 0 Å². The van der Waals surface area contributed by atoms with Gasteiger partial charge in [0.05, 0.1) is 25.4 Å². The largest absolute Gasteiger partial charge is 0.273 e. The Morgan fingerprint density at radius 2 is 1.90 bits per heavy atom. The Kier molecular flexibility index (Phi) is 5.85. The van der Waals surface area contributed by atoms with Crippen LogP contribution in [0.15, 0.2) is 46.9 Å². The first kappa shape index (κ1) is 20.3. The van der Waals surface area contributed by atoms with Crippen LogP contribution in [-0.4, -0.2) is 15.9 Å². The van der Waals surface area contributed by atoms with Crippen molar-refractivity contribution in [1.82, 2.24) is 15.4 Å². The molecule has 29 heavy (non-hydrogen) atoms. The predicted molar refractivity (Wildman–Crippen MR) is 125 cm³/mol. The maximum absolute atomic E-state index is 12.6. The topological polar surface area (TPSA) is 66.9 Å². The van der Waals surface area contributed by atoms with Gasteiger partial charge in [0.15, 0.2) is 0 Å². The summed E-state index contributed by atoms with van der Waals surface area (Å²) in [5.41, 5.74) is 7.55. The summed E-state index contributed by atoms with van der Waals surface area (Å²) in [5, 5.41) is 1.75. The van der Waals surface area contributed by atoms with E-state index in [-0.39, 0.29) is 11.3 Å². The lowest BCUT2D eigenvalue weighted by molar-refractivity contribution is -0.122. The maximum atomic E-state index is 12.6. The minimum atomic E-state index is -0.155. The molecule has 4 rings (SSSR count). The molecule has 2 heterocycles. The number of rotatable bonds is 7. The van der Waals surface area contributed by atoms with Crippen LogP contribution in [0.5, 0.6) is 0 Å². The second kappa shape index (κ2) is 8.38. The Morgan fingerprint density at radius 1 is 1.10 bits per heavy atom. The molecule has 1 atom stereocenters. The van der Waals surface area contributed by atoms with Gasteiger partial charge in [-0.05, 0) is 42.2 Å². The first-order valence-corrected chi connectivity index (χ1v) is 11.8. The molecule has 4 aromatic rings. The molecule has 0 bridgehead atoms. The molecule has 2 aromatic heterocycles. The van der Waals surface area contributed by atoms with Crippen molar-refractivity contribution in [2.75, 3.05) is 5.43 Å². The number of amides is 1. The van der Waals surface area contributed by atoms with E-state index in [9.17, 15) is 4.79 Å². The SMILES string of the molecule is CCC(C)(CC(=O)NNc1nc2ccc(Br)cc2s1)Cc1nc2ccccc2s1. The van der Waals surface area contributed by atoms with Gasteiger partial charge in [0.25, 0.3) is 0 Å². The second-order valence-electron chi connectivity index (χ2n) is 7.40. The van der Waals surface area contributed by atoms with Gasteiger partial charge in [-0.3, -0.25) is 15.6 Å². The van der Waals surface area contributed by atoms with E-state index in [1.807, 2.05) is 36.4 Å². The van der Waals surface area contributed by atoms with Crippen molar-refractivity contribution in [3.05, 3.63) is 51.9 Å². The van der Waals surface area contributed by atoms with Gasteiger partial charge in [-0.25, -0.2) is 9.97 Å². The summed E-state index contributed by atoms with van der Waals surface area (Å²) in [7, 11) is 0. The van der Waals surface area contributed by atoms with Gasteiger partial charge in [-0.15, -0.1) is 11.3 Å². The number of nitrogens with zero attached hydrogens (tertiary/aromatic N) is 2. The highest BCUT2D eigenvalue weighted by Gasteiger charge is 2.27. The average molecular weight is 489 g/mol. The summed E-state index contributed by atoms with van der Waals surface area (Å²) < 4.78 is 3.26. The third kappa shape index (κ3) is 4.76. The summed E-state index contributed by atoms with van der Waals surface area (Å²) >= 11 is 6.68. The summed E-state index contributed by atoms with van der Waals surface area (Å²) in [4.78, 5) is 21.8. The van der Waals surface area contributed by atoms with Crippen molar-refractivity contribution < 1.29 is 4.79 Å². The highest BCUT2D eigenvalue weighted by atomic mass is 79.9. The molecule has 0 aliphatic rings. The Bertz CT molecular complexity index is 1140.